The summed E-state index contributed by atoms with van der Waals surface area (Å²) in [5.74, 6) is 3.06. The first-order chi connectivity index (χ1) is 9.26. The SMILES string of the molecule is CCc1nc2n(n1)CCCC2NC1CCCC(C)C1. The van der Waals surface area contributed by atoms with Gasteiger partial charge in [0.1, 0.15) is 5.82 Å². The van der Waals surface area contributed by atoms with Gasteiger partial charge in [-0.3, -0.25) is 0 Å². The molecule has 0 spiro atoms. The summed E-state index contributed by atoms with van der Waals surface area (Å²) in [6, 6.07) is 1.11. The molecular formula is C15H26N4. The van der Waals surface area contributed by atoms with E-state index in [1.54, 1.807) is 0 Å². The zero-order valence-corrected chi connectivity index (χ0v) is 12.2. The third-order valence-corrected chi connectivity index (χ3v) is 4.61. The summed E-state index contributed by atoms with van der Waals surface area (Å²) in [6.45, 7) is 5.56. The number of aromatic nitrogens is 3. The van der Waals surface area contributed by atoms with Crippen molar-refractivity contribution in [1.29, 1.82) is 0 Å². The quantitative estimate of drug-likeness (QED) is 0.911. The first-order valence-electron chi connectivity index (χ1n) is 7.96. The van der Waals surface area contributed by atoms with Crippen molar-refractivity contribution in [3.63, 3.8) is 0 Å². The lowest BCUT2D eigenvalue weighted by molar-refractivity contribution is 0.255. The van der Waals surface area contributed by atoms with E-state index >= 15 is 0 Å². The first kappa shape index (κ1) is 13.1. The van der Waals surface area contributed by atoms with Crippen molar-refractivity contribution in [2.24, 2.45) is 5.92 Å². The maximum atomic E-state index is 4.72. The van der Waals surface area contributed by atoms with Crippen molar-refractivity contribution in [1.82, 2.24) is 20.1 Å². The Morgan fingerprint density at radius 3 is 2.95 bits per heavy atom. The van der Waals surface area contributed by atoms with Gasteiger partial charge in [0.15, 0.2) is 5.82 Å². The van der Waals surface area contributed by atoms with Crippen molar-refractivity contribution >= 4 is 0 Å². The van der Waals surface area contributed by atoms with Gasteiger partial charge >= 0.3 is 0 Å². The molecule has 1 aromatic heterocycles. The van der Waals surface area contributed by atoms with Gasteiger partial charge in [-0.25, -0.2) is 9.67 Å². The minimum absolute atomic E-state index is 0.428. The van der Waals surface area contributed by atoms with Crippen LogP contribution in [0.3, 0.4) is 0 Å². The van der Waals surface area contributed by atoms with Crippen LogP contribution in [0.4, 0.5) is 0 Å². The predicted molar refractivity (Wildman–Crippen MR) is 75.9 cm³/mol. The summed E-state index contributed by atoms with van der Waals surface area (Å²) >= 11 is 0. The molecule has 0 saturated heterocycles. The summed E-state index contributed by atoms with van der Waals surface area (Å²) in [5, 5.41) is 8.45. The first-order valence-corrected chi connectivity index (χ1v) is 7.96. The molecule has 0 radical (unpaired) electrons. The summed E-state index contributed by atoms with van der Waals surface area (Å²) in [7, 11) is 0. The molecule has 3 rings (SSSR count). The second-order valence-corrected chi connectivity index (χ2v) is 6.29. The van der Waals surface area contributed by atoms with E-state index in [0.717, 1.165) is 24.7 Å². The third kappa shape index (κ3) is 2.83. The Hall–Kier alpha value is -0.900. The topological polar surface area (TPSA) is 42.7 Å². The molecule has 0 aromatic carbocycles. The average Bonchev–Trinajstić information content (AvgIpc) is 2.83. The molecule has 1 fully saturated rings. The van der Waals surface area contributed by atoms with Gasteiger partial charge in [-0.2, -0.15) is 5.10 Å². The monoisotopic (exact) mass is 262 g/mol. The fourth-order valence-electron chi connectivity index (χ4n) is 3.58. The molecule has 1 aliphatic carbocycles. The molecule has 0 bridgehead atoms. The van der Waals surface area contributed by atoms with Crippen LogP contribution in [-0.4, -0.2) is 20.8 Å². The summed E-state index contributed by atoms with van der Waals surface area (Å²) in [4.78, 5) is 4.72. The van der Waals surface area contributed by atoms with Gasteiger partial charge in [0, 0.05) is 19.0 Å². The third-order valence-electron chi connectivity index (χ3n) is 4.61. The molecule has 1 aliphatic heterocycles. The van der Waals surface area contributed by atoms with Gasteiger partial charge < -0.3 is 5.32 Å². The van der Waals surface area contributed by atoms with Crippen molar-refractivity contribution in [2.75, 3.05) is 0 Å². The number of nitrogens with zero attached hydrogens (tertiary/aromatic N) is 3. The van der Waals surface area contributed by atoms with E-state index < -0.39 is 0 Å². The molecule has 1 N–H and O–H groups in total. The van der Waals surface area contributed by atoms with Crippen LogP contribution in [0.15, 0.2) is 0 Å². The van der Waals surface area contributed by atoms with Gasteiger partial charge in [-0.05, 0) is 31.6 Å². The zero-order valence-electron chi connectivity index (χ0n) is 12.2. The molecule has 4 nitrogen and oxygen atoms in total. The summed E-state index contributed by atoms with van der Waals surface area (Å²) < 4.78 is 2.13. The van der Waals surface area contributed by atoms with E-state index in [2.05, 4.69) is 28.9 Å². The van der Waals surface area contributed by atoms with Crippen LogP contribution in [-0.2, 0) is 13.0 Å². The minimum Gasteiger partial charge on any atom is -0.304 e. The van der Waals surface area contributed by atoms with Gasteiger partial charge in [-0.15, -0.1) is 0 Å². The van der Waals surface area contributed by atoms with Crippen molar-refractivity contribution < 1.29 is 0 Å². The lowest BCUT2D eigenvalue weighted by Crippen LogP contribution is -2.39. The Bertz CT molecular complexity index is 426. The Balaban J connectivity index is 1.70. The lowest BCUT2D eigenvalue weighted by Gasteiger charge is -2.32. The van der Waals surface area contributed by atoms with Gasteiger partial charge in [0.2, 0.25) is 0 Å². The normalized spacial score (nSPS) is 31.2. The second kappa shape index (κ2) is 5.61. The number of fused-ring (bicyclic) bond motifs is 1. The molecule has 3 unspecified atom stereocenters. The van der Waals surface area contributed by atoms with Gasteiger partial charge in [-0.1, -0.05) is 26.7 Å². The standard InChI is InChI=1S/C15H26N4/c1-3-14-17-15-13(8-5-9-19(15)18-14)16-12-7-4-6-11(2)10-12/h11-13,16H,3-10H2,1-2H3. The van der Waals surface area contributed by atoms with Crippen LogP contribution in [0.25, 0.3) is 0 Å². The molecular weight excluding hydrogens is 236 g/mol. The summed E-state index contributed by atoms with van der Waals surface area (Å²) in [6.07, 6.45) is 8.80. The van der Waals surface area contributed by atoms with Crippen LogP contribution < -0.4 is 5.32 Å². The number of aryl methyl sites for hydroxylation is 2. The smallest absolute Gasteiger partial charge is 0.150 e. The zero-order chi connectivity index (χ0) is 13.2. The maximum absolute atomic E-state index is 4.72. The maximum Gasteiger partial charge on any atom is 0.150 e. The molecule has 1 aromatic rings. The molecule has 3 atom stereocenters. The van der Waals surface area contributed by atoms with Gasteiger partial charge in [0.25, 0.3) is 0 Å². The highest BCUT2D eigenvalue weighted by molar-refractivity contribution is 5.03. The number of hydrogen-bond donors (Lipinski definition) is 1. The number of rotatable bonds is 3. The molecule has 0 amide bonds. The van der Waals surface area contributed by atoms with E-state index in [9.17, 15) is 0 Å². The highest BCUT2D eigenvalue weighted by atomic mass is 15.4. The molecule has 19 heavy (non-hydrogen) atoms. The van der Waals surface area contributed by atoms with Crippen molar-refractivity contribution in [3.8, 4) is 0 Å². The second-order valence-electron chi connectivity index (χ2n) is 6.29. The highest BCUT2D eigenvalue weighted by Gasteiger charge is 2.27. The summed E-state index contributed by atoms with van der Waals surface area (Å²) in [5.41, 5.74) is 0. The highest BCUT2D eigenvalue weighted by Crippen LogP contribution is 2.29. The largest absolute Gasteiger partial charge is 0.304 e. The van der Waals surface area contributed by atoms with E-state index in [0.29, 0.717) is 12.1 Å². The van der Waals surface area contributed by atoms with Gasteiger partial charge in [0.05, 0.1) is 6.04 Å². The lowest BCUT2D eigenvalue weighted by atomic mass is 9.86. The Kier molecular flexibility index (Phi) is 3.87. The van der Waals surface area contributed by atoms with E-state index in [4.69, 9.17) is 4.98 Å². The molecule has 4 heteroatoms. The Morgan fingerprint density at radius 2 is 2.16 bits per heavy atom. The van der Waals surface area contributed by atoms with Crippen molar-refractivity contribution in [3.05, 3.63) is 11.6 Å². The Morgan fingerprint density at radius 1 is 1.26 bits per heavy atom. The molecule has 106 valence electrons. The fraction of sp³-hybridized carbons (Fsp3) is 0.867. The predicted octanol–water partition coefficient (Wildman–Crippen LogP) is 2.84. The van der Waals surface area contributed by atoms with Crippen LogP contribution in [0, 0.1) is 5.92 Å². The van der Waals surface area contributed by atoms with E-state index in [1.807, 2.05) is 0 Å². The van der Waals surface area contributed by atoms with Crippen LogP contribution in [0.5, 0.6) is 0 Å². The average molecular weight is 262 g/mol. The molecule has 2 heterocycles. The van der Waals surface area contributed by atoms with Crippen LogP contribution >= 0.6 is 0 Å². The van der Waals surface area contributed by atoms with E-state index in [-0.39, 0.29) is 0 Å². The fourth-order valence-corrected chi connectivity index (χ4v) is 3.58. The van der Waals surface area contributed by atoms with E-state index in [1.165, 1.54) is 44.3 Å². The molecule has 1 saturated carbocycles. The van der Waals surface area contributed by atoms with Crippen LogP contribution in [0.1, 0.15) is 70.1 Å². The minimum atomic E-state index is 0.428. The number of hydrogen-bond acceptors (Lipinski definition) is 3. The number of nitrogens with one attached hydrogen (secondary N) is 1. The van der Waals surface area contributed by atoms with Crippen LogP contribution in [0.2, 0.25) is 0 Å². The molecule has 2 aliphatic rings. The van der Waals surface area contributed by atoms with Crippen molar-refractivity contribution in [2.45, 2.75) is 77.4 Å². The Labute approximate surface area is 116 Å².